The zero-order chi connectivity index (χ0) is 19.9. The number of hydrogen-bond acceptors (Lipinski definition) is 5. The van der Waals surface area contributed by atoms with Crippen LogP contribution in [0.4, 0.5) is 11.5 Å². The number of rotatable bonds is 7. The van der Waals surface area contributed by atoms with E-state index in [9.17, 15) is 4.79 Å². The van der Waals surface area contributed by atoms with Crippen LogP contribution in [0.5, 0.6) is 0 Å². The van der Waals surface area contributed by atoms with Crippen LogP contribution in [0.2, 0.25) is 0 Å². The number of likely N-dealkylation sites (N-methyl/N-ethyl adjacent to an activating group) is 1. The van der Waals surface area contributed by atoms with E-state index in [1.807, 2.05) is 24.3 Å². The number of anilines is 2. The van der Waals surface area contributed by atoms with Crippen molar-refractivity contribution in [3.63, 3.8) is 0 Å². The molecule has 2 heterocycles. The fraction of sp³-hybridized carbons (Fsp3) is 0.273. The first-order chi connectivity index (χ1) is 13.6. The predicted molar refractivity (Wildman–Crippen MR) is 111 cm³/mol. The molecule has 0 saturated heterocycles. The van der Waals surface area contributed by atoms with Crippen molar-refractivity contribution in [1.82, 2.24) is 19.9 Å². The zero-order valence-electron chi connectivity index (χ0n) is 16.5. The summed E-state index contributed by atoms with van der Waals surface area (Å²) in [5.74, 6) is 0.593. The van der Waals surface area contributed by atoms with Gasteiger partial charge in [0.2, 0.25) is 0 Å². The van der Waals surface area contributed by atoms with Crippen LogP contribution >= 0.6 is 0 Å². The second-order valence-corrected chi connectivity index (χ2v) is 6.68. The summed E-state index contributed by atoms with van der Waals surface area (Å²) < 4.78 is 0. The van der Waals surface area contributed by atoms with E-state index in [0.717, 1.165) is 30.0 Å². The molecular formula is C22H25N5O. The van der Waals surface area contributed by atoms with Crippen molar-refractivity contribution in [3.8, 4) is 0 Å². The van der Waals surface area contributed by atoms with Gasteiger partial charge in [0, 0.05) is 38.2 Å². The lowest BCUT2D eigenvalue weighted by molar-refractivity contribution is 0.0790. The molecule has 0 aliphatic heterocycles. The Morgan fingerprint density at radius 2 is 1.86 bits per heavy atom. The number of nitrogens with zero attached hydrogens (tertiary/aromatic N) is 5. The maximum Gasteiger partial charge on any atom is 0.273 e. The van der Waals surface area contributed by atoms with Gasteiger partial charge in [-0.3, -0.25) is 9.78 Å². The fourth-order valence-corrected chi connectivity index (χ4v) is 2.99. The Morgan fingerprint density at radius 3 is 2.50 bits per heavy atom. The smallest absolute Gasteiger partial charge is 0.273 e. The van der Waals surface area contributed by atoms with Crippen molar-refractivity contribution in [2.75, 3.05) is 25.0 Å². The Balaban J connectivity index is 1.68. The highest BCUT2D eigenvalue weighted by Gasteiger charge is 2.15. The summed E-state index contributed by atoms with van der Waals surface area (Å²) in [7, 11) is 1.78. The number of hydrogen-bond donors (Lipinski definition) is 0. The van der Waals surface area contributed by atoms with Crippen molar-refractivity contribution in [1.29, 1.82) is 0 Å². The number of pyridine rings is 1. The molecule has 6 nitrogen and oxygen atoms in total. The minimum atomic E-state index is -0.133. The number of carbonyl (C=O) groups is 1. The average Bonchev–Trinajstić information content (AvgIpc) is 2.73. The van der Waals surface area contributed by atoms with Crippen LogP contribution in [0.15, 0.2) is 61.2 Å². The summed E-state index contributed by atoms with van der Waals surface area (Å²) in [6, 6.07) is 12.2. The first kappa shape index (κ1) is 19.5. The van der Waals surface area contributed by atoms with Gasteiger partial charge in [0.05, 0.1) is 12.4 Å². The van der Waals surface area contributed by atoms with E-state index >= 15 is 0 Å². The third-order valence-electron chi connectivity index (χ3n) is 4.60. The minimum Gasteiger partial charge on any atom is -0.340 e. The topological polar surface area (TPSA) is 62.2 Å². The van der Waals surface area contributed by atoms with Gasteiger partial charge in [-0.25, -0.2) is 9.97 Å². The molecule has 0 spiro atoms. The van der Waals surface area contributed by atoms with Gasteiger partial charge in [-0.1, -0.05) is 12.1 Å². The van der Waals surface area contributed by atoms with Crippen LogP contribution in [0, 0.1) is 6.92 Å². The second kappa shape index (κ2) is 9.08. The van der Waals surface area contributed by atoms with Crippen molar-refractivity contribution in [3.05, 3.63) is 78.0 Å². The summed E-state index contributed by atoms with van der Waals surface area (Å²) in [5, 5.41) is 0. The molecule has 0 aliphatic carbocycles. The highest BCUT2D eigenvalue weighted by Crippen LogP contribution is 2.23. The molecule has 0 fully saturated rings. The molecule has 1 aromatic carbocycles. The first-order valence-electron chi connectivity index (χ1n) is 9.39. The van der Waals surface area contributed by atoms with E-state index in [1.54, 1.807) is 36.7 Å². The van der Waals surface area contributed by atoms with Crippen LogP contribution in [0.3, 0.4) is 0 Å². The SMILES string of the molecule is CCN(c1cccc(C)c1)c1cnc(C(=O)N(C)CCc2ccncc2)cn1. The molecule has 0 aliphatic rings. The largest absolute Gasteiger partial charge is 0.340 e. The molecule has 144 valence electrons. The molecule has 0 bridgehead atoms. The van der Waals surface area contributed by atoms with Crippen LogP contribution in [0.25, 0.3) is 0 Å². The quantitative estimate of drug-likeness (QED) is 0.631. The van der Waals surface area contributed by atoms with Gasteiger partial charge in [-0.15, -0.1) is 0 Å². The van der Waals surface area contributed by atoms with E-state index < -0.39 is 0 Å². The van der Waals surface area contributed by atoms with E-state index in [1.165, 1.54) is 5.56 Å². The van der Waals surface area contributed by atoms with Crippen molar-refractivity contribution >= 4 is 17.4 Å². The molecule has 2 aromatic heterocycles. The van der Waals surface area contributed by atoms with Gasteiger partial charge in [0.25, 0.3) is 5.91 Å². The Labute approximate surface area is 165 Å². The van der Waals surface area contributed by atoms with E-state index in [2.05, 4.69) is 45.8 Å². The van der Waals surface area contributed by atoms with E-state index in [-0.39, 0.29) is 5.91 Å². The third-order valence-corrected chi connectivity index (χ3v) is 4.60. The third kappa shape index (κ3) is 4.71. The monoisotopic (exact) mass is 375 g/mol. The lowest BCUT2D eigenvalue weighted by Crippen LogP contribution is -2.30. The number of aryl methyl sites for hydroxylation is 1. The van der Waals surface area contributed by atoms with Crippen molar-refractivity contribution < 1.29 is 4.79 Å². The lowest BCUT2D eigenvalue weighted by Gasteiger charge is -2.22. The van der Waals surface area contributed by atoms with Gasteiger partial charge in [0.1, 0.15) is 5.69 Å². The predicted octanol–water partition coefficient (Wildman–Crippen LogP) is 3.65. The van der Waals surface area contributed by atoms with Crippen molar-refractivity contribution in [2.24, 2.45) is 0 Å². The maximum atomic E-state index is 12.6. The Hall–Kier alpha value is -3.28. The second-order valence-electron chi connectivity index (χ2n) is 6.68. The molecule has 28 heavy (non-hydrogen) atoms. The normalized spacial score (nSPS) is 10.5. The lowest BCUT2D eigenvalue weighted by atomic mass is 10.2. The maximum absolute atomic E-state index is 12.6. The minimum absolute atomic E-state index is 0.133. The zero-order valence-corrected chi connectivity index (χ0v) is 16.5. The number of aromatic nitrogens is 3. The average molecular weight is 375 g/mol. The highest BCUT2D eigenvalue weighted by atomic mass is 16.2. The number of benzene rings is 1. The fourth-order valence-electron chi connectivity index (χ4n) is 2.99. The van der Waals surface area contributed by atoms with Gasteiger partial charge in [-0.2, -0.15) is 0 Å². The molecule has 3 rings (SSSR count). The van der Waals surface area contributed by atoms with Gasteiger partial charge < -0.3 is 9.80 Å². The standard InChI is InChI=1S/C22H25N5O/c1-4-27(19-7-5-6-17(2)14-19)21-16-24-20(15-25-21)22(28)26(3)13-10-18-8-11-23-12-9-18/h5-9,11-12,14-16H,4,10,13H2,1-3H3. The molecule has 0 radical (unpaired) electrons. The Kier molecular flexibility index (Phi) is 6.32. The Bertz CT molecular complexity index is 912. The van der Waals surface area contributed by atoms with Gasteiger partial charge >= 0.3 is 0 Å². The molecule has 0 saturated carbocycles. The van der Waals surface area contributed by atoms with Gasteiger partial charge in [-0.05, 0) is 55.7 Å². The Morgan fingerprint density at radius 1 is 1.07 bits per heavy atom. The number of amides is 1. The summed E-state index contributed by atoms with van der Waals surface area (Å²) in [4.78, 5) is 29.2. The molecule has 0 atom stereocenters. The van der Waals surface area contributed by atoms with E-state index in [4.69, 9.17) is 0 Å². The molecule has 6 heteroatoms. The first-order valence-corrected chi connectivity index (χ1v) is 9.39. The molecule has 3 aromatic rings. The van der Waals surface area contributed by atoms with Crippen molar-refractivity contribution in [2.45, 2.75) is 20.3 Å². The van der Waals surface area contributed by atoms with Crippen LogP contribution in [-0.4, -0.2) is 45.9 Å². The molecule has 0 unspecified atom stereocenters. The molecule has 1 amide bonds. The molecule has 0 N–H and O–H groups in total. The van der Waals surface area contributed by atoms with Crippen LogP contribution in [0.1, 0.15) is 28.5 Å². The summed E-state index contributed by atoms with van der Waals surface area (Å²) in [5.41, 5.74) is 3.74. The summed E-state index contributed by atoms with van der Waals surface area (Å²) in [6.07, 6.45) is 7.51. The highest BCUT2D eigenvalue weighted by molar-refractivity contribution is 5.92. The number of carbonyl (C=O) groups excluding carboxylic acids is 1. The summed E-state index contributed by atoms with van der Waals surface area (Å²) >= 11 is 0. The van der Waals surface area contributed by atoms with Crippen LogP contribution in [-0.2, 0) is 6.42 Å². The van der Waals surface area contributed by atoms with Gasteiger partial charge in [0.15, 0.2) is 5.82 Å². The van der Waals surface area contributed by atoms with Crippen LogP contribution < -0.4 is 4.90 Å². The molecular weight excluding hydrogens is 350 g/mol. The summed E-state index contributed by atoms with van der Waals surface area (Å²) in [6.45, 7) is 5.50. The van der Waals surface area contributed by atoms with E-state index in [0.29, 0.717) is 12.2 Å².